The van der Waals surface area contributed by atoms with Gasteiger partial charge in [-0.25, -0.2) is 0 Å². The highest BCUT2D eigenvalue weighted by atomic mass is 35.5. The van der Waals surface area contributed by atoms with Crippen LogP contribution in [0.25, 0.3) is 5.76 Å². The van der Waals surface area contributed by atoms with Gasteiger partial charge in [-0.1, -0.05) is 29.3 Å². The molecule has 0 aliphatic carbocycles. The molecule has 31 heavy (non-hydrogen) atoms. The second-order valence-electron chi connectivity index (χ2n) is 7.35. The van der Waals surface area contributed by atoms with Gasteiger partial charge in [-0.05, 0) is 73.0 Å². The summed E-state index contributed by atoms with van der Waals surface area (Å²) in [7, 11) is 0. The zero-order valence-electron chi connectivity index (χ0n) is 16.8. The molecule has 1 saturated heterocycles. The van der Waals surface area contributed by atoms with Gasteiger partial charge in [-0.2, -0.15) is 0 Å². The number of carbonyl (C=O) groups excluding carboxylic acids is 2. The molecule has 0 saturated carbocycles. The fraction of sp³-hybridized carbons (Fsp3) is 0.125. The third-order valence-corrected chi connectivity index (χ3v) is 6.17. The first kappa shape index (κ1) is 21.1. The summed E-state index contributed by atoms with van der Waals surface area (Å²) < 4.78 is 0. The van der Waals surface area contributed by atoms with E-state index in [1.165, 1.54) is 17.0 Å². The molecule has 4 rings (SSSR count). The monoisotopic (exact) mass is 452 g/mol. The Kier molecular flexibility index (Phi) is 5.56. The minimum atomic E-state index is -0.820. The zero-order valence-corrected chi connectivity index (χ0v) is 18.3. The molecule has 0 spiro atoms. The van der Waals surface area contributed by atoms with E-state index in [-0.39, 0.29) is 16.4 Å². The lowest BCUT2D eigenvalue weighted by Gasteiger charge is -2.26. The van der Waals surface area contributed by atoms with Crippen molar-refractivity contribution in [3.05, 3.63) is 98.8 Å². The Morgan fingerprint density at radius 3 is 2.29 bits per heavy atom. The number of Topliss-reactive ketones (excluding diaryl/α,β-unsaturated/α-hetero) is 1. The Bertz CT molecular complexity index is 1240. The Morgan fingerprint density at radius 2 is 1.65 bits per heavy atom. The van der Waals surface area contributed by atoms with Gasteiger partial charge in [0, 0.05) is 23.6 Å². The molecule has 156 valence electrons. The number of ketones is 1. The molecule has 1 aliphatic rings. The number of benzene rings is 2. The van der Waals surface area contributed by atoms with Crippen molar-refractivity contribution < 1.29 is 14.7 Å². The second kappa shape index (κ2) is 8.17. The molecule has 0 radical (unpaired) electrons. The molecule has 1 amide bonds. The molecule has 1 atom stereocenters. The van der Waals surface area contributed by atoms with Crippen LogP contribution in [0.15, 0.2) is 66.5 Å². The van der Waals surface area contributed by atoms with Crippen LogP contribution in [0.5, 0.6) is 0 Å². The van der Waals surface area contributed by atoms with Crippen molar-refractivity contribution in [2.75, 3.05) is 4.90 Å². The lowest BCUT2D eigenvalue weighted by molar-refractivity contribution is -0.132. The maximum Gasteiger partial charge on any atom is 0.300 e. The Hall–Kier alpha value is -3.15. The van der Waals surface area contributed by atoms with Gasteiger partial charge in [0.2, 0.25) is 0 Å². The quantitative estimate of drug-likeness (QED) is 0.317. The highest BCUT2D eigenvalue weighted by Crippen LogP contribution is 2.42. The Morgan fingerprint density at radius 1 is 0.935 bits per heavy atom. The molecule has 1 fully saturated rings. The summed E-state index contributed by atoms with van der Waals surface area (Å²) in [6.45, 7) is 3.91. The smallest absolute Gasteiger partial charge is 0.300 e. The number of nitrogens with zero attached hydrogens (tertiary/aromatic N) is 2. The van der Waals surface area contributed by atoms with Crippen molar-refractivity contribution in [1.82, 2.24) is 4.98 Å². The maximum absolute atomic E-state index is 13.1. The van der Waals surface area contributed by atoms with E-state index in [1.807, 2.05) is 26.0 Å². The number of anilines is 1. The minimum Gasteiger partial charge on any atom is -0.507 e. The maximum atomic E-state index is 13.1. The lowest BCUT2D eigenvalue weighted by Crippen LogP contribution is -2.29. The number of hydrogen-bond acceptors (Lipinski definition) is 4. The molecule has 1 N–H and O–H groups in total. The zero-order chi connectivity index (χ0) is 22.3. The largest absolute Gasteiger partial charge is 0.507 e. The first-order chi connectivity index (χ1) is 14.8. The molecular weight excluding hydrogens is 435 g/mol. The van der Waals surface area contributed by atoms with Gasteiger partial charge < -0.3 is 5.11 Å². The van der Waals surface area contributed by atoms with Crippen LogP contribution < -0.4 is 4.90 Å². The molecular formula is C24H18Cl2N2O3. The summed E-state index contributed by atoms with van der Waals surface area (Å²) in [6.07, 6.45) is 3.16. The van der Waals surface area contributed by atoms with Crippen LogP contribution in [0.4, 0.5) is 5.69 Å². The van der Waals surface area contributed by atoms with Gasteiger partial charge in [0.05, 0.1) is 21.7 Å². The topological polar surface area (TPSA) is 70.5 Å². The predicted molar refractivity (Wildman–Crippen MR) is 121 cm³/mol. The minimum absolute atomic E-state index is 0.0205. The van der Waals surface area contributed by atoms with Crippen LogP contribution in [0.2, 0.25) is 10.0 Å². The van der Waals surface area contributed by atoms with E-state index in [0.717, 1.165) is 11.1 Å². The van der Waals surface area contributed by atoms with Crippen molar-refractivity contribution in [3.8, 4) is 0 Å². The number of rotatable bonds is 3. The van der Waals surface area contributed by atoms with Crippen LogP contribution in [0, 0.1) is 13.8 Å². The fourth-order valence-electron chi connectivity index (χ4n) is 3.63. The number of amides is 1. The van der Waals surface area contributed by atoms with Gasteiger partial charge in [0.25, 0.3) is 11.7 Å². The van der Waals surface area contributed by atoms with Crippen molar-refractivity contribution in [1.29, 1.82) is 0 Å². The summed E-state index contributed by atoms with van der Waals surface area (Å²) in [5.74, 6) is -1.81. The third kappa shape index (κ3) is 3.71. The van der Waals surface area contributed by atoms with Crippen LogP contribution in [0.1, 0.15) is 28.3 Å². The van der Waals surface area contributed by atoms with E-state index in [2.05, 4.69) is 4.98 Å². The first-order valence-corrected chi connectivity index (χ1v) is 10.3. The number of aromatic nitrogens is 1. The van der Waals surface area contributed by atoms with E-state index in [9.17, 15) is 14.7 Å². The first-order valence-electron chi connectivity index (χ1n) is 9.53. The summed E-state index contributed by atoms with van der Waals surface area (Å²) in [5, 5.41) is 11.6. The third-order valence-electron chi connectivity index (χ3n) is 5.43. The van der Waals surface area contributed by atoms with Crippen molar-refractivity contribution in [3.63, 3.8) is 0 Å². The molecule has 3 aromatic rings. The predicted octanol–water partition coefficient (Wildman–Crippen LogP) is 5.63. The van der Waals surface area contributed by atoms with E-state index in [4.69, 9.17) is 23.2 Å². The van der Waals surface area contributed by atoms with E-state index < -0.39 is 17.7 Å². The van der Waals surface area contributed by atoms with E-state index >= 15 is 0 Å². The van der Waals surface area contributed by atoms with Gasteiger partial charge in [0.1, 0.15) is 5.76 Å². The van der Waals surface area contributed by atoms with Crippen LogP contribution in [0.3, 0.4) is 0 Å². The number of aryl methyl sites for hydroxylation is 2. The van der Waals surface area contributed by atoms with Gasteiger partial charge >= 0.3 is 0 Å². The number of aliphatic hydroxyl groups excluding tert-OH is 1. The molecule has 5 nitrogen and oxygen atoms in total. The summed E-state index contributed by atoms with van der Waals surface area (Å²) in [5.41, 5.74) is 3.54. The number of carbonyl (C=O) groups is 2. The normalized spacial score (nSPS) is 17.9. The van der Waals surface area contributed by atoms with Gasteiger partial charge in [-0.3, -0.25) is 19.5 Å². The number of pyridine rings is 1. The van der Waals surface area contributed by atoms with E-state index in [1.54, 1.807) is 36.7 Å². The molecule has 2 heterocycles. The van der Waals surface area contributed by atoms with Crippen molar-refractivity contribution >= 4 is 46.3 Å². The van der Waals surface area contributed by atoms with E-state index in [0.29, 0.717) is 21.8 Å². The average Bonchev–Trinajstić information content (AvgIpc) is 3.03. The molecule has 1 aromatic heterocycles. The molecule has 1 unspecified atom stereocenters. The molecule has 2 aromatic carbocycles. The molecule has 1 aliphatic heterocycles. The summed E-state index contributed by atoms with van der Waals surface area (Å²) in [6, 6.07) is 12.7. The van der Waals surface area contributed by atoms with Crippen LogP contribution in [-0.4, -0.2) is 21.8 Å². The SMILES string of the molecule is Cc1ccc(N2C(=O)C(=O)/C(=C(/O)c3ccc(Cl)c(Cl)c3)C2c2ccncc2)cc1C. The van der Waals surface area contributed by atoms with Crippen LogP contribution >= 0.6 is 23.2 Å². The molecule has 0 bridgehead atoms. The second-order valence-corrected chi connectivity index (χ2v) is 8.16. The number of halogens is 2. The lowest BCUT2D eigenvalue weighted by atomic mass is 9.95. The standard InChI is InChI=1S/C24H18Cl2N2O3/c1-13-3-5-17(11-14(13)2)28-21(15-7-9-27-10-8-15)20(23(30)24(28)31)22(29)16-4-6-18(25)19(26)12-16/h3-12,21,29H,1-2H3/b22-20+. The highest BCUT2D eigenvalue weighted by Gasteiger charge is 2.47. The number of aliphatic hydroxyl groups is 1. The fourth-order valence-corrected chi connectivity index (χ4v) is 3.93. The summed E-state index contributed by atoms with van der Waals surface area (Å²) >= 11 is 12.1. The van der Waals surface area contributed by atoms with Crippen LogP contribution in [-0.2, 0) is 9.59 Å². The van der Waals surface area contributed by atoms with Crippen molar-refractivity contribution in [2.24, 2.45) is 0 Å². The number of hydrogen-bond donors (Lipinski definition) is 1. The summed E-state index contributed by atoms with van der Waals surface area (Å²) in [4.78, 5) is 31.7. The van der Waals surface area contributed by atoms with Gasteiger partial charge in [0.15, 0.2) is 0 Å². The highest BCUT2D eigenvalue weighted by molar-refractivity contribution is 6.51. The Balaban J connectivity index is 1.95. The average molecular weight is 453 g/mol. The van der Waals surface area contributed by atoms with Gasteiger partial charge in [-0.15, -0.1) is 0 Å². The Labute approximate surface area is 189 Å². The van der Waals surface area contributed by atoms with Crippen molar-refractivity contribution in [2.45, 2.75) is 19.9 Å². The molecule has 7 heteroatoms.